The summed E-state index contributed by atoms with van der Waals surface area (Å²) in [4.78, 5) is 30.0. The Morgan fingerprint density at radius 3 is 2.68 bits per heavy atom. The van der Waals surface area contributed by atoms with E-state index in [1.807, 2.05) is 54.3 Å². The molecule has 6 nitrogen and oxygen atoms in total. The number of aromatic amines is 1. The van der Waals surface area contributed by atoms with Gasteiger partial charge in [0.05, 0.1) is 6.54 Å². The molecule has 146 valence electrons. The van der Waals surface area contributed by atoms with E-state index in [0.717, 1.165) is 35.3 Å². The lowest BCUT2D eigenvalue weighted by atomic mass is 9.93. The van der Waals surface area contributed by atoms with Gasteiger partial charge in [-0.1, -0.05) is 18.2 Å². The highest BCUT2D eigenvalue weighted by Gasteiger charge is 2.26. The van der Waals surface area contributed by atoms with Gasteiger partial charge in [-0.2, -0.15) is 0 Å². The number of carbonyl (C=O) groups excluding carboxylic acids is 2. The van der Waals surface area contributed by atoms with Crippen molar-refractivity contribution in [1.82, 2.24) is 15.2 Å². The van der Waals surface area contributed by atoms with E-state index in [1.165, 1.54) is 0 Å². The van der Waals surface area contributed by atoms with Gasteiger partial charge in [0.2, 0.25) is 5.91 Å². The third-order valence-corrected chi connectivity index (χ3v) is 5.39. The van der Waals surface area contributed by atoms with Gasteiger partial charge in [0.1, 0.15) is 17.2 Å². The van der Waals surface area contributed by atoms with Gasteiger partial charge in [0, 0.05) is 30.4 Å². The van der Waals surface area contributed by atoms with Gasteiger partial charge >= 0.3 is 0 Å². The van der Waals surface area contributed by atoms with Crippen LogP contribution in [0.1, 0.15) is 41.3 Å². The summed E-state index contributed by atoms with van der Waals surface area (Å²) in [5.74, 6) is 1.99. The number of nitrogens with one attached hydrogen (secondary N) is 2. The van der Waals surface area contributed by atoms with Crippen LogP contribution in [-0.2, 0) is 11.3 Å². The number of furan rings is 1. The van der Waals surface area contributed by atoms with Gasteiger partial charge < -0.3 is 19.6 Å². The highest BCUT2D eigenvalue weighted by atomic mass is 16.3. The lowest BCUT2D eigenvalue weighted by Crippen LogP contribution is -2.39. The number of H-pyrrole nitrogens is 1. The van der Waals surface area contributed by atoms with Crippen LogP contribution in [-0.4, -0.2) is 34.8 Å². The molecule has 0 bridgehead atoms. The number of carbonyl (C=O) groups is 2. The molecule has 2 N–H and O–H groups in total. The van der Waals surface area contributed by atoms with Gasteiger partial charge in [-0.05, 0) is 49.9 Å². The molecule has 6 heteroatoms. The van der Waals surface area contributed by atoms with Crippen LogP contribution < -0.4 is 5.32 Å². The van der Waals surface area contributed by atoms with Crippen LogP contribution >= 0.6 is 0 Å². The number of piperidine rings is 1. The van der Waals surface area contributed by atoms with Crippen LogP contribution in [0, 0.1) is 12.8 Å². The number of aromatic nitrogens is 1. The number of rotatable bonds is 5. The molecule has 3 heterocycles. The molecule has 3 aromatic rings. The number of para-hydroxylation sites is 1. The van der Waals surface area contributed by atoms with E-state index in [4.69, 9.17) is 4.42 Å². The smallest absolute Gasteiger partial charge is 0.270 e. The minimum absolute atomic E-state index is 0.0345. The summed E-state index contributed by atoms with van der Waals surface area (Å²) >= 11 is 0. The number of nitrogens with zero attached hydrogens (tertiary/aromatic N) is 1. The first kappa shape index (κ1) is 18.3. The third-order valence-electron chi connectivity index (χ3n) is 5.39. The SMILES string of the molecule is Cc1ccc(CNC(=O)CC2CCN(C(=O)c3cc4ccccc4[nH]3)CC2)o1. The predicted molar refractivity (Wildman–Crippen MR) is 107 cm³/mol. The summed E-state index contributed by atoms with van der Waals surface area (Å²) in [5, 5.41) is 3.96. The summed E-state index contributed by atoms with van der Waals surface area (Å²) in [5.41, 5.74) is 1.61. The molecule has 0 aliphatic carbocycles. The van der Waals surface area contributed by atoms with Crippen molar-refractivity contribution < 1.29 is 14.0 Å². The zero-order valence-corrected chi connectivity index (χ0v) is 16.0. The van der Waals surface area contributed by atoms with Crippen molar-refractivity contribution in [3.05, 3.63) is 59.7 Å². The molecule has 1 aliphatic rings. The first-order valence-corrected chi connectivity index (χ1v) is 9.77. The van der Waals surface area contributed by atoms with Crippen molar-refractivity contribution in [2.75, 3.05) is 13.1 Å². The van der Waals surface area contributed by atoms with Crippen LogP contribution in [0.25, 0.3) is 10.9 Å². The lowest BCUT2D eigenvalue weighted by molar-refractivity contribution is -0.122. The molecule has 1 saturated heterocycles. The topological polar surface area (TPSA) is 78.3 Å². The molecule has 0 unspecified atom stereocenters. The van der Waals surface area contributed by atoms with Crippen molar-refractivity contribution in [2.45, 2.75) is 32.7 Å². The summed E-state index contributed by atoms with van der Waals surface area (Å²) in [6.45, 7) is 3.67. The predicted octanol–water partition coefficient (Wildman–Crippen LogP) is 3.63. The number of amides is 2. The van der Waals surface area contributed by atoms with E-state index in [-0.39, 0.29) is 11.8 Å². The molecule has 0 radical (unpaired) electrons. The van der Waals surface area contributed by atoms with Gasteiger partial charge in [-0.15, -0.1) is 0 Å². The average molecular weight is 379 g/mol. The summed E-state index contributed by atoms with van der Waals surface area (Å²) in [6, 6.07) is 13.6. The molecule has 1 aromatic carbocycles. The molecule has 1 aliphatic heterocycles. The number of benzene rings is 1. The van der Waals surface area contributed by atoms with Crippen molar-refractivity contribution in [3.8, 4) is 0 Å². The first-order valence-electron chi connectivity index (χ1n) is 9.77. The highest BCUT2D eigenvalue weighted by molar-refractivity contribution is 5.98. The maximum atomic E-state index is 12.8. The van der Waals surface area contributed by atoms with Crippen LogP contribution in [0.4, 0.5) is 0 Å². The van der Waals surface area contributed by atoms with E-state index in [1.54, 1.807) is 0 Å². The highest BCUT2D eigenvalue weighted by Crippen LogP contribution is 2.23. The van der Waals surface area contributed by atoms with Crippen LogP contribution in [0.3, 0.4) is 0 Å². The molecule has 0 saturated carbocycles. The molecule has 2 amide bonds. The second-order valence-electron chi connectivity index (χ2n) is 7.50. The monoisotopic (exact) mass is 379 g/mol. The number of aryl methyl sites for hydroxylation is 1. The Morgan fingerprint density at radius 2 is 1.96 bits per heavy atom. The van der Waals surface area contributed by atoms with E-state index in [0.29, 0.717) is 37.7 Å². The van der Waals surface area contributed by atoms with Gasteiger partial charge in [-0.3, -0.25) is 9.59 Å². The number of likely N-dealkylation sites (tertiary alicyclic amines) is 1. The maximum absolute atomic E-state index is 12.8. The van der Waals surface area contributed by atoms with E-state index in [9.17, 15) is 9.59 Å². The minimum Gasteiger partial charge on any atom is -0.465 e. The number of hydrogen-bond donors (Lipinski definition) is 2. The Balaban J connectivity index is 1.25. The maximum Gasteiger partial charge on any atom is 0.270 e. The van der Waals surface area contributed by atoms with Crippen LogP contribution in [0.2, 0.25) is 0 Å². The Morgan fingerprint density at radius 1 is 1.18 bits per heavy atom. The average Bonchev–Trinajstić information content (AvgIpc) is 3.32. The lowest BCUT2D eigenvalue weighted by Gasteiger charge is -2.31. The molecule has 0 spiro atoms. The fraction of sp³-hybridized carbons (Fsp3) is 0.364. The van der Waals surface area contributed by atoms with Crippen molar-refractivity contribution in [3.63, 3.8) is 0 Å². The number of fused-ring (bicyclic) bond motifs is 1. The molecule has 28 heavy (non-hydrogen) atoms. The van der Waals surface area contributed by atoms with Crippen LogP contribution in [0.5, 0.6) is 0 Å². The largest absolute Gasteiger partial charge is 0.465 e. The van der Waals surface area contributed by atoms with Crippen molar-refractivity contribution in [1.29, 1.82) is 0 Å². The fourth-order valence-electron chi connectivity index (χ4n) is 3.80. The van der Waals surface area contributed by atoms with Gasteiger partial charge in [0.25, 0.3) is 5.91 Å². The number of hydrogen-bond acceptors (Lipinski definition) is 3. The Hall–Kier alpha value is -3.02. The molecule has 0 atom stereocenters. The van der Waals surface area contributed by atoms with E-state index >= 15 is 0 Å². The fourth-order valence-corrected chi connectivity index (χ4v) is 3.80. The molecule has 1 fully saturated rings. The molecular formula is C22H25N3O3. The Labute approximate surface area is 163 Å². The second kappa shape index (κ2) is 7.92. The van der Waals surface area contributed by atoms with Crippen LogP contribution in [0.15, 0.2) is 46.9 Å². The van der Waals surface area contributed by atoms with E-state index < -0.39 is 0 Å². The van der Waals surface area contributed by atoms with Crippen molar-refractivity contribution in [2.24, 2.45) is 5.92 Å². The standard InChI is InChI=1S/C22H25N3O3/c1-15-6-7-18(28-15)14-23-21(26)12-16-8-10-25(11-9-16)22(27)20-13-17-4-2-3-5-19(17)24-20/h2-7,13,16,24H,8-12,14H2,1H3,(H,23,26). The van der Waals surface area contributed by atoms with Gasteiger partial charge in [-0.25, -0.2) is 0 Å². The van der Waals surface area contributed by atoms with E-state index in [2.05, 4.69) is 10.3 Å². The second-order valence-corrected chi connectivity index (χ2v) is 7.50. The first-order chi connectivity index (χ1) is 13.6. The van der Waals surface area contributed by atoms with Crippen molar-refractivity contribution >= 4 is 22.7 Å². The minimum atomic E-state index is 0.0345. The summed E-state index contributed by atoms with van der Waals surface area (Å²) < 4.78 is 5.47. The van der Waals surface area contributed by atoms with Gasteiger partial charge in [0.15, 0.2) is 0 Å². The molecule has 4 rings (SSSR count). The zero-order chi connectivity index (χ0) is 19.5. The third kappa shape index (κ3) is 4.11. The summed E-state index contributed by atoms with van der Waals surface area (Å²) in [6.07, 6.45) is 2.19. The Bertz CT molecular complexity index is 947. The zero-order valence-electron chi connectivity index (χ0n) is 16.0. The quantitative estimate of drug-likeness (QED) is 0.711. The Kier molecular flexibility index (Phi) is 5.19. The normalized spacial score (nSPS) is 15.1. The summed E-state index contributed by atoms with van der Waals surface area (Å²) in [7, 11) is 0. The molecule has 2 aromatic heterocycles. The molecular weight excluding hydrogens is 354 g/mol.